The van der Waals surface area contributed by atoms with Gasteiger partial charge in [0.1, 0.15) is 11.6 Å². The molecule has 0 amide bonds. The molecule has 0 N–H and O–H groups in total. The molecular weight excluding hydrogens is 270 g/mol. The zero-order valence-electron chi connectivity index (χ0n) is 10.6. The fourth-order valence-corrected chi connectivity index (χ4v) is 3.16. The van der Waals surface area contributed by atoms with Crippen molar-refractivity contribution >= 4 is 23.3 Å². The van der Waals surface area contributed by atoms with E-state index >= 15 is 0 Å². The lowest BCUT2D eigenvalue weighted by Gasteiger charge is -2.01. The van der Waals surface area contributed by atoms with Crippen LogP contribution in [0.15, 0.2) is 9.50 Å². The summed E-state index contributed by atoms with van der Waals surface area (Å²) >= 11 is 2.90. The molecule has 0 fully saturated rings. The van der Waals surface area contributed by atoms with Gasteiger partial charge in [0.2, 0.25) is 0 Å². The molecule has 6 nitrogen and oxygen atoms in total. The second-order valence-electron chi connectivity index (χ2n) is 3.60. The van der Waals surface area contributed by atoms with Crippen LogP contribution in [0.5, 0.6) is 0 Å². The number of hydrogen-bond acceptors (Lipinski definition) is 7. The monoisotopic (exact) mass is 285 g/mol. The zero-order chi connectivity index (χ0) is 13.0. The van der Waals surface area contributed by atoms with Gasteiger partial charge in [-0.3, -0.25) is 0 Å². The van der Waals surface area contributed by atoms with E-state index < -0.39 is 0 Å². The largest absolute Gasteiger partial charge is 0.384 e. The fourth-order valence-electron chi connectivity index (χ4n) is 1.45. The summed E-state index contributed by atoms with van der Waals surface area (Å²) in [7, 11) is 1.68. The van der Waals surface area contributed by atoms with Gasteiger partial charge in [-0.2, -0.15) is 4.37 Å². The number of methoxy groups -OCH3 is 1. The highest BCUT2D eigenvalue weighted by Crippen LogP contribution is 2.27. The summed E-state index contributed by atoms with van der Waals surface area (Å²) < 4.78 is 12.2. The third kappa shape index (κ3) is 3.06. The van der Waals surface area contributed by atoms with Gasteiger partial charge < -0.3 is 9.30 Å². The molecule has 0 aliphatic carbocycles. The molecule has 0 bridgehead atoms. The topological polar surface area (TPSA) is 65.7 Å². The van der Waals surface area contributed by atoms with E-state index in [9.17, 15) is 0 Å². The fraction of sp³-hybridized carbons (Fsp3) is 0.600. The van der Waals surface area contributed by atoms with Crippen LogP contribution in [-0.2, 0) is 17.7 Å². The number of aromatic nitrogens is 5. The van der Waals surface area contributed by atoms with Crippen LogP contribution in [0.25, 0.3) is 0 Å². The predicted molar refractivity (Wildman–Crippen MR) is 70.0 cm³/mol. The van der Waals surface area contributed by atoms with Crippen LogP contribution in [0.1, 0.15) is 18.6 Å². The Hall–Kier alpha value is -0.990. The van der Waals surface area contributed by atoms with Crippen LogP contribution in [-0.4, -0.2) is 37.8 Å². The van der Waals surface area contributed by atoms with Crippen LogP contribution >= 0.6 is 23.3 Å². The standard InChI is InChI=1S/C10H15N5OS2/c1-4-15-7(2)12-13-9(15)17-10-11-8(14-18-10)5-6-16-3/h4-6H2,1-3H3. The molecule has 0 spiro atoms. The summed E-state index contributed by atoms with van der Waals surface area (Å²) in [6, 6.07) is 0. The average Bonchev–Trinajstić information content (AvgIpc) is 2.95. The van der Waals surface area contributed by atoms with Crippen molar-refractivity contribution < 1.29 is 4.74 Å². The van der Waals surface area contributed by atoms with Crippen molar-refractivity contribution in [3.05, 3.63) is 11.6 Å². The number of ether oxygens (including phenoxy) is 1. The molecule has 98 valence electrons. The molecule has 0 aliphatic rings. The van der Waals surface area contributed by atoms with Gasteiger partial charge in [-0.1, -0.05) is 0 Å². The SMILES string of the molecule is CCn1c(C)nnc1Sc1nc(CCOC)ns1. The Labute approximate surface area is 114 Å². The van der Waals surface area contributed by atoms with Crippen molar-refractivity contribution in [2.24, 2.45) is 0 Å². The summed E-state index contributed by atoms with van der Waals surface area (Å²) in [5.41, 5.74) is 0. The molecule has 0 aliphatic heterocycles. The number of rotatable bonds is 6. The summed E-state index contributed by atoms with van der Waals surface area (Å²) in [4.78, 5) is 4.44. The Kier molecular flexibility index (Phi) is 4.67. The minimum atomic E-state index is 0.644. The molecule has 0 unspecified atom stereocenters. The highest BCUT2D eigenvalue weighted by molar-refractivity contribution is 8.00. The van der Waals surface area contributed by atoms with E-state index in [0.717, 1.165) is 34.1 Å². The highest BCUT2D eigenvalue weighted by atomic mass is 32.2. The van der Waals surface area contributed by atoms with Gasteiger partial charge in [0.15, 0.2) is 9.50 Å². The first-order chi connectivity index (χ1) is 8.74. The Morgan fingerprint density at radius 2 is 2.22 bits per heavy atom. The van der Waals surface area contributed by atoms with E-state index in [1.165, 1.54) is 23.3 Å². The number of nitrogens with zero attached hydrogens (tertiary/aromatic N) is 5. The first-order valence-electron chi connectivity index (χ1n) is 5.63. The van der Waals surface area contributed by atoms with Gasteiger partial charge in [-0.25, -0.2) is 4.98 Å². The van der Waals surface area contributed by atoms with E-state index in [1.54, 1.807) is 7.11 Å². The van der Waals surface area contributed by atoms with Crippen molar-refractivity contribution in [3.63, 3.8) is 0 Å². The van der Waals surface area contributed by atoms with E-state index in [1.807, 2.05) is 6.92 Å². The minimum Gasteiger partial charge on any atom is -0.384 e. The molecule has 2 heterocycles. The van der Waals surface area contributed by atoms with Crippen molar-refractivity contribution in [1.82, 2.24) is 24.1 Å². The molecule has 2 rings (SSSR count). The first kappa shape index (κ1) is 13.4. The van der Waals surface area contributed by atoms with E-state index in [-0.39, 0.29) is 0 Å². The van der Waals surface area contributed by atoms with Gasteiger partial charge in [-0.05, 0) is 37.1 Å². The highest BCUT2D eigenvalue weighted by Gasteiger charge is 2.12. The summed E-state index contributed by atoms with van der Waals surface area (Å²) in [6.07, 6.45) is 0.743. The molecule has 2 aromatic rings. The predicted octanol–water partition coefficient (Wildman–Crippen LogP) is 1.80. The van der Waals surface area contributed by atoms with Crippen molar-refractivity contribution in [2.45, 2.75) is 36.3 Å². The summed E-state index contributed by atoms with van der Waals surface area (Å²) in [5, 5.41) is 9.08. The Morgan fingerprint density at radius 3 is 2.94 bits per heavy atom. The molecule has 0 radical (unpaired) electrons. The van der Waals surface area contributed by atoms with E-state index in [4.69, 9.17) is 4.74 Å². The van der Waals surface area contributed by atoms with Gasteiger partial charge in [0.05, 0.1) is 6.61 Å². The Balaban J connectivity index is 2.06. The van der Waals surface area contributed by atoms with E-state index in [0.29, 0.717) is 6.61 Å². The summed E-state index contributed by atoms with van der Waals surface area (Å²) in [6.45, 7) is 5.52. The third-order valence-corrected chi connectivity index (χ3v) is 4.15. The maximum absolute atomic E-state index is 5.00. The lowest BCUT2D eigenvalue weighted by molar-refractivity contribution is 0.200. The lowest BCUT2D eigenvalue weighted by Crippen LogP contribution is -1.99. The first-order valence-corrected chi connectivity index (χ1v) is 7.22. The van der Waals surface area contributed by atoms with Crippen LogP contribution in [0.3, 0.4) is 0 Å². The Morgan fingerprint density at radius 1 is 1.39 bits per heavy atom. The van der Waals surface area contributed by atoms with Crippen LogP contribution in [0.4, 0.5) is 0 Å². The molecule has 0 atom stereocenters. The molecule has 8 heteroatoms. The quantitative estimate of drug-likeness (QED) is 0.806. The average molecular weight is 285 g/mol. The normalized spacial score (nSPS) is 11.1. The zero-order valence-corrected chi connectivity index (χ0v) is 12.2. The Bertz CT molecular complexity index is 510. The van der Waals surface area contributed by atoms with E-state index in [2.05, 4.69) is 31.0 Å². The smallest absolute Gasteiger partial charge is 0.198 e. The third-order valence-electron chi connectivity index (χ3n) is 2.38. The van der Waals surface area contributed by atoms with Crippen molar-refractivity contribution in [2.75, 3.05) is 13.7 Å². The summed E-state index contributed by atoms with van der Waals surface area (Å²) in [5.74, 6) is 1.74. The van der Waals surface area contributed by atoms with Gasteiger partial charge in [0.25, 0.3) is 0 Å². The van der Waals surface area contributed by atoms with Crippen LogP contribution in [0, 0.1) is 6.92 Å². The lowest BCUT2D eigenvalue weighted by atomic mass is 10.4. The van der Waals surface area contributed by atoms with Crippen molar-refractivity contribution in [3.8, 4) is 0 Å². The van der Waals surface area contributed by atoms with Crippen LogP contribution in [0.2, 0.25) is 0 Å². The molecule has 18 heavy (non-hydrogen) atoms. The van der Waals surface area contributed by atoms with Gasteiger partial charge >= 0.3 is 0 Å². The number of aryl methyl sites for hydroxylation is 1. The molecular formula is C10H15N5OS2. The van der Waals surface area contributed by atoms with Crippen molar-refractivity contribution in [1.29, 1.82) is 0 Å². The van der Waals surface area contributed by atoms with Gasteiger partial charge in [-0.15, -0.1) is 10.2 Å². The molecule has 0 saturated heterocycles. The molecule has 0 aromatic carbocycles. The second kappa shape index (κ2) is 6.26. The van der Waals surface area contributed by atoms with Gasteiger partial charge in [0, 0.05) is 20.1 Å². The maximum atomic E-state index is 5.00. The van der Waals surface area contributed by atoms with Crippen LogP contribution < -0.4 is 0 Å². The molecule has 0 saturated carbocycles. The minimum absolute atomic E-state index is 0.644. The second-order valence-corrected chi connectivity index (χ2v) is 5.56. The molecule has 2 aromatic heterocycles. The maximum Gasteiger partial charge on any atom is 0.198 e. The number of hydrogen-bond donors (Lipinski definition) is 0.